The van der Waals surface area contributed by atoms with Gasteiger partial charge in [-0.25, -0.2) is 0 Å². The number of aliphatic hydroxyl groups excluding tert-OH is 1. The molecule has 1 rings (SSSR count). The van der Waals surface area contributed by atoms with Gasteiger partial charge in [-0.15, -0.1) is 0 Å². The molecule has 3 heteroatoms. The van der Waals surface area contributed by atoms with Gasteiger partial charge in [-0.05, 0) is 18.1 Å². The average molecular weight is 194 g/mol. The molecule has 0 atom stereocenters. The zero-order valence-corrected chi connectivity index (χ0v) is 8.19. The number of carbonyl (C=O) groups excluding carboxylic acids is 1. The molecule has 0 saturated carbocycles. The topological polar surface area (TPSA) is 46.5 Å². The van der Waals surface area contributed by atoms with E-state index in [0.29, 0.717) is 18.6 Å². The van der Waals surface area contributed by atoms with E-state index >= 15 is 0 Å². The molecular formula is C11H14O3. The Bertz CT molecular complexity index is 307. The molecule has 0 amide bonds. The van der Waals surface area contributed by atoms with Gasteiger partial charge in [0.25, 0.3) is 0 Å². The standard InChI is InChI=1S/C11H14O3/c1-2-11(13)14-10-6-4-3-5-9(10)7-8-12/h3-6,12H,2,7-8H2,1H3. The predicted octanol–water partition coefficient (Wildman–Crippen LogP) is 1.54. The van der Waals surface area contributed by atoms with Crippen LogP contribution in [0.4, 0.5) is 0 Å². The summed E-state index contributed by atoms with van der Waals surface area (Å²) in [5.74, 6) is 0.295. The fourth-order valence-electron chi connectivity index (χ4n) is 1.13. The highest BCUT2D eigenvalue weighted by molar-refractivity contribution is 5.72. The van der Waals surface area contributed by atoms with Crippen molar-refractivity contribution in [2.45, 2.75) is 19.8 Å². The molecular weight excluding hydrogens is 180 g/mol. The Kier molecular flexibility index (Phi) is 4.13. The summed E-state index contributed by atoms with van der Waals surface area (Å²) >= 11 is 0. The lowest BCUT2D eigenvalue weighted by Gasteiger charge is -2.07. The van der Waals surface area contributed by atoms with Gasteiger partial charge in [-0.2, -0.15) is 0 Å². The van der Waals surface area contributed by atoms with Crippen molar-refractivity contribution in [2.24, 2.45) is 0 Å². The smallest absolute Gasteiger partial charge is 0.310 e. The maximum Gasteiger partial charge on any atom is 0.310 e. The number of esters is 1. The molecule has 1 N–H and O–H groups in total. The van der Waals surface area contributed by atoms with Crippen molar-refractivity contribution < 1.29 is 14.6 Å². The van der Waals surface area contributed by atoms with Crippen LogP contribution in [0.5, 0.6) is 5.75 Å². The Hall–Kier alpha value is -1.35. The summed E-state index contributed by atoms with van der Waals surface area (Å²) in [6.07, 6.45) is 0.862. The first kappa shape index (κ1) is 10.7. The molecule has 0 aliphatic carbocycles. The molecule has 1 aromatic carbocycles. The Balaban J connectivity index is 2.78. The number of ether oxygens (including phenoxy) is 1. The Morgan fingerprint density at radius 2 is 2.14 bits per heavy atom. The molecule has 0 aliphatic rings. The van der Waals surface area contributed by atoms with E-state index in [0.717, 1.165) is 5.56 Å². The van der Waals surface area contributed by atoms with Gasteiger partial charge in [0.15, 0.2) is 0 Å². The minimum absolute atomic E-state index is 0.0562. The van der Waals surface area contributed by atoms with Crippen LogP contribution in [0, 0.1) is 0 Å². The fourth-order valence-corrected chi connectivity index (χ4v) is 1.13. The largest absolute Gasteiger partial charge is 0.426 e. The first-order valence-electron chi connectivity index (χ1n) is 4.67. The van der Waals surface area contributed by atoms with Crippen LogP contribution in [0.3, 0.4) is 0 Å². The van der Waals surface area contributed by atoms with Crippen molar-refractivity contribution in [2.75, 3.05) is 6.61 Å². The molecule has 1 aromatic rings. The Labute approximate surface area is 83.3 Å². The second-order valence-electron chi connectivity index (χ2n) is 2.91. The quantitative estimate of drug-likeness (QED) is 0.584. The van der Waals surface area contributed by atoms with Crippen molar-refractivity contribution in [3.05, 3.63) is 29.8 Å². The van der Waals surface area contributed by atoms with Crippen LogP contribution >= 0.6 is 0 Å². The number of hydrogen-bond donors (Lipinski definition) is 1. The molecule has 0 aromatic heterocycles. The highest BCUT2D eigenvalue weighted by Gasteiger charge is 2.05. The second kappa shape index (κ2) is 5.40. The van der Waals surface area contributed by atoms with E-state index in [1.54, 1.807) is 19.1 Å². The van der Waals surface area contributed by atoms with Gasteiger partial charge in [0.1, 0.15) is 5.75 Å². The third kappa shape index (κ3) is 2.85. The first-order chi connectivity index (χ1) is 6.77. The van der Waals surface area contributed by atoms with Gasteiger partial charge in [0.05, 0.1) is 0 Å². The summed E-state index contributed by atoms with van der Waals surface area (Å²) in [5, 5.41) is 8.79. The van der Waals surface area contributed by atoms with Gasteiger partial charge in [0.2, 0.25) is 0 Å². The molecule has 3 nitrogen and oxygen atoms in total. The van der Waals surface area contributed by atoms with Crippen molar-refractivity contribution in [1.82, 2.24) is 0 Å². The van der Waals surface area contributed by atoms with E-state index in [-0.39, 0.29) is 12.6 Å². The molecule has 0 heterocycles. The number of para-hydroxylation sites is 1. The predicted molar refractivity (Wildman–Crippen MR) is 53.2 cm³/mol. The van der Waals surface area contributed by atoms with Gasteiger partial charge in [-0.1, -0.05) is 25.1 Å². The molecule has 0 spiro atoms. The van der Waals surface area contributed by atoms with Crippen molar-refractivity contribution >= 4 is 5.97 Å². The van der Waals surface area contributed by atoms with Crippen molar-refractivity contribution in [3.63, 3.8) is 0 Å². The highest BCUT2D eigenvalue weighted by atomic mass is 16.5. The zero-order valence-electron chi connectivity index (χ0n) is 8.19. The maximum atomic E-state index is 11.1. The molecule has 0 bridgehead atoms. The summed E-state index contributed by atoms with van der Waals surface area (Å²) in [7, 11) is 0. The minimum atomic E-state index is -0.254. The van der Waals surface area contributed by atoms with Crippen LogP contribution in [0.15, 0.2) is 24.3 Å². The van der Waals surface area contributed by atoms with Crippen LogP contribution in [0.2, 0.25) is 0 Å². The van der Waals surface area contributed by atoms with Crippen molar-refractivity contribution in [1.29, 1.82) is 0 Å². The third-order valence-electron chi connectivity index (χ3n) is 1.87. The summed E-state index contributed by atoms with van der Waals surface area (Å²) in [5.41, 5.74) is 0.858. The van der Waals surface area contributed by atoms with E-state index in [1.807, 2.05) is 12.1 Å². The van der Waals surface area contributed by atoms with Gasteiger partial charge in [-0.3, -0.25) is 4.79 Å². The summed E-state index contributed by atoms with van der Waals surface area (Å²) in [6.45, 7) is 1.80. The Morgan fingerprint density at radius 1 is 1.43 bits per heavy atom. The van der Waals surface area contributed by atoms with Gasteiger partial charge >= 0.3 is 5.97 Å². The van der Waals surface area contributed by atoms with Gasteiger partial charge in [0, 0.05) is 13.0 Å². The van der Waals surface area contributed by atoms with Crippen LogP contribution in [-0.2, 0) is 11.2 Å². The molecule has 14 heavy (non-hydrogen) atoms. The third-order valence-corrected chi connectivity index (χ3v) is 1.87. The minimum Gasteiger partial charge on any atom is -0.426 e. The maximum absolute atomic E-state index is 11.1. The summed E-state index contributed by atoms with van der Waals surface area (Å²) in [6, 6.07) is 7.24. The van der Waals surface area contributed by atoms with E-state index in [2.05, 4.69) is 0 Å². The van der Waals surface area contributed by atoms with Crippen LogP contribution in [0.25, 0.3) is 0 Å². The number of carbonyl (C=O) groups is 1. The van der Waals surface area contributed by atoms with E-state index in [1.165, 1.54) is 0 Å². The Morgan fingerprint density at radius 3 is 2.79 bits per heavy atom. The second-order valence-corrected chi connectivity index (χ2v) is 2.91. The number of aliphatic hydroxyl groups is 1. The summed E-state index contributed by atoms with van der Waals surface area (Å²) < 4.78 is 5.10. The molecule has 0 saturated heterocycles. The van der Waals surface area contributed by atoms with E-state index < -0.39 is 0 Å². The number of rotatable bonds is 4. The molecule has 0 radical (unpaired) electrons. The first-order valence-corrected chi connectivity index (χ1v) is 4.67. The van der Waals surface area contributed by atoms with Crippen LogP contribution in [-0.4, -0.2) is 17.7 Å². The molecule has 0 fully saturated rings. The average Bonchev–Trinajstić information content (AvgIpc) is 2.21. The lowest BCUT2D eigenvalue weighted by atomic mass is 10.1. The summed E-state index contributed by atoms with van der Waals surface area (Å²) in [4.78, 5) is 11.1. The van der Waals surface area contributed by atoms with Crippen LogP contribution in [0.1, 0.15) is 18.9 Å². The van der Waals surface area contributed by atoms with Crippen molar-refractivity contribution in [3.8, 4) is 5.75 Å². The molecule has 76 valence electrons. The van der Waals surface area contributed by atoms with E-state index in [9.17, 15) is 4.79 Å². The van der Waals surface area contributed by atoms with Gasteiger partial charge < -0.3 is 9.84 Å². The lowest BCUT2D eigenvalue weighted by Crippen LogP contribution is -2.07. The highest BCUT2D eigenvalue weighted by Crippen LogP contribution is 2.18. The monoisotopic (exact) mass is 194 g/mol. The SMILES string of the molecule is CCC(=O)Oc1ccccc1CCO. The normalized spacial score (nSPS) is 9.86. The van der Waals surface area contributed by atoms with E-state index in [4.69, 9.17) is 9.84 Å². The lowest BCUT2D eigenvalue weighted by molar-refractivity contribution is -0.134. The molecule has 0 aliphatic heterocycles. The number of hydrogen-bond acceptors (Lipinski definition) is 3. The van der Waals surface area contributed by atoms with Crippen LogP contribution < -0.4 is 4.74 Å². The number of benzene rings is 1. The molecule has 0 unspecified atom stereocenters. The zero-order chi connectivity index (χ0) is 10.4. The fraction of sp³-hybridized carbons (Fsp3) is 0.364.